The van der Waals surface area contributed by atoms with Gasteiger partial charge in [-0.05, 0) is 26.8 Å². The molecule has 16 heavy (non-hydrogen) atoms. The molecule has 1 atom stereocenters. The van der Waals surface area contributed by atoms with Crippen LogP contribution in [-0.4, -0.2) is 27.6 Å². The minimum Gasteiger partial charge on any atom is -0.591 e. The number of nitrogens with zero attached hydrogens (tertiary/aromatic N) is 2. The monoisotopic (exact) mass is 240 g/mol. The number of ether oxygens (including phenoxy) is 1. The van der Waals surface area contributed by atoms with E-state index in [-0.39, 0.29) is 4.75 Å². The van der Waals surface area contributed by atoms with Crippen molar-refractivity contribution >= 4 is 17.6 Å². The van der Waals surface area contributed by atoms with Crippen LogP contribution in [0.5, 0.6) is 5.88 Å². The summed E-state index contributed by atoms with van der Waals surface area (Å²) in [5.41, 5.74) is 0.636. The fraction of sp³-hybridized carbons (Fsp3) is 0.455. The number of rotatable bonds is 3. The summed E-state index contributed by atoms with van der Waals surface area (Å²) in [5, 5.41) is 0. The Bertz CT molecular complexity index is 374. The molecule has 1 rings (SSSR count). The van der Waals surface area contributed by atoms with E-state index in [1.165, 1.54) is 6.21 Å². The Labute approximate surface area is 99.1 Å². The molecule has 0 radical (unpaired) electrons. The highest BCUT2D eigenvalue weighted by atomic mass is 32.2. The Morgan fingerprint density at radius 1 is 1.44 bits per heavy atom. The normalized spacial score (nSPS) is 14.1. The summed E-state index contributed by atoms with van der Waals surface area (Å²) < 4.78 is 20.2. The first-order valence-corrected chi connectivity index (χ1v) is 6.01. The zero-order chi connectivity index (χ0) is 12.2. The average molecular weight is 240 g/mol. The molecular weight excluding hydrogens is 224 g/mol. The minimum absolute atomic E-state index is 0.352. The molecule has 1 aromatic heterocycles. The first kappa shape index (κ1) is 13.0. The summed E-state index contributed by atoms with van der Waals surface area (Å²) >= 11 is -1.26. The van der Waals surface area contributed by atoms with Gasteiger partial charge in [-0.15, -0.1) is 0 Å². The van der Waals surface area contributed by atoms with Gasteiger partial charge in [0.05, 0.1) is 12.8 Å². The predicted octanol–water partition coefficient (Wildman–Crippen LogP) is 1.97. The highest BCUT2D eigenvalue weighted by molar-refractivity contribution is 7.91. The quantitative estimate of drug-likeness (QED) is 0.599. The lowest BCUT2D eigenvalue weighted by atomic mass is 10.3. The second-order valence-corrected chi connectivity index (χ2v) is 6.13. The van der Waals surface area contributed by atoms with Gasteiger partial charge in [0, 0.05) is 6.07 Å². The molecule has 1 heterocycles. The molecule has 1 aromatic rings. The second-order valence-electron chi connectivity index (χ2n) is 4.20. The lowest BCUT2D eigenvalue weighted by Crippen LogP contribution is -2.25. The molecule has 1 unspecified atom stereocenters. The Hall–Kier alpha value is -1.07. The number of aromatic nitrogens is 1. The van der Waals surface area contributed by atoms with Gasteiger partial charge < -0.3 is 9.29 Å². The lowest BCUT2D eigenvalue weighted by molar-refractivity contribution is 0.397. The summed E-state index contributed by atoms with van der Waals surface area (Å²) in [7, 11) is 1.55. The van der Waals surface area contributed by atoms with Crippen LogP contribution in [0.15, 0.2) is 22.6 Å². The van der Waals surface area contributed by atoms with Gasteiger partial charge in [0.25, 0.3) is 0 Å². The third-order valence-electron chi connectivity index (χ3n) is 1.76. The maximum Gasteiger partial charge on any atom is 0.213 e. The van der Waals surface area contributed by atoms with E-state index in [1.54, 1.807) is 19.2 Å². The highest BCUT2D eigenvalue weighted by Gasteiger charge is 2.25. The molecule has 5 heteroatoms. The van der Waals surface area contributed by atoms with Crippen LogP contribution in [0.2, 0.25) is 0 Å². The molecule has 0 bridgehead atoms. The van der Waals surface area contributed by atoms with Crippen LogP contribution < -0.4 is 4.74 Å². The van der Waals surface area contributed by atoms with Crippen molar-refractivity contribution in [3.05, 3.63) is 23.9 Å². The molecule has 0 fully saturated rings. The molecule has 0 aliphatic rings. The van der Waals surface area contributed by atoms with Crippen LogP contribution in [0.25, 0.3) is 0 Å². The molecule has 0 amide bonds. The molecular formula is C11H16N2O2S. The number of hydrogen-bond donors (Lipinski definition) is 0. The van der Waals surface area contributed by atoms with Crippen molar-refractivity contribution < 1.29 is 9.29 Å². The van der Waals surface area contributed by atoms with Crippen molar-refractivity contribution in [2.45, 2.75) is 25.5 Å². The van der Waals surface area contributed by atoms with Gasteiger partial charge in [0.2, 0.25) is 5.88 Å². The van der Waals surface area contributed by atoms with Gasteiger partial charge >= 0.3 is 0 Å². The van der Waals surface area contributed by atoms with E-state index >= 15 is 0 Å². The van der Waals surface area contributed by atoms with Crippen molar-refractivity contribution in [2.75, 3.05) is 7.11 Å². The summed E-state index contributed by atoms with van der Waals surface area (Å²) in [6, 6.07) is 5.34. The largest absolute Gasteiger partial charge is 0.591 e. The van der Waals surface area contributed by atoms with Gasteiger partial charge in [-0.1, -0.05) is 10.5 Å². The first-order chi connectivity index (χ1) is 7.43. The van der Waals surface area contributed by atoms with E-state index in [0.717, 1.165) is 0 Å². The first-order valence-electron chi connectivity index (χ1n) is 4.90. The average Bonchev–Trinajstić information content (AvgIpc) is 2.25. The lowest BCUT2D eigenvalue weighted by Gasteiger charge is -2.17. The summed E-state index contributed by atoms with van der Waals surface area (Å²) in [5.74, 6) is 0.519. The number of hydrogen-bond acceptors (Lipinski definition) is 4. The minimum atomic E-state index is -1.26. The summed E-state index contributed by atoms with van der Waals surface area (Å²) in [6.45, 7) is 5.62. The van der Waals surface area contributed by atoms with Gasteiger partial charge in [-0.25, -0.2) is 4.98 Å². The molecule has 0 saturated carbocycles. The molecule has 0 aliphatic carbocycles. The van der Waals surface area contributed by atoms with Gasteiger partial charge in [-0.3, -0.25) is 0 Å². The molecule has 0 aromatic carbocycles. The van der Waals surface area contributed by atoms with Gasteiger partial charge in [0.1, 0.15) is 22.3 Å². The van der Waals surface area contributed by atoms with Crippen LogP contribution in [0.1, 0.15) is 26.5 Å². The van der Waals surface area contributed by atoms with Crippen LogP contribution in [0.4, 0.5) is 0 Å². The van der Waals surface area contributed by atoms with Crippen LogP contribution in [0.3, 0.4) is 0 Å². The Morgan fingerprint density at radius 2 is 2.12 bits per heavy atom. The van der Waals surface area contributed by atoms with Gasteiger partial charge in [-0.2, -0.15) is 0 Å². The third-order valence-corrected chi connectivity index (χ3v) is 3.10. The molecule has 0 spiro atoms. The van der Waals surface area contributed by atoms with Crippen molar-refractivity contribution in [3.8, 4) is 5.88 Å². The van der Waals surface area contributed by atoms with Crippen LogP contribution in [-0.2, 0) is 11.4 Å². The zero-order valence-corrected chi connectivity index (χ0v) is 10.7. The molecule has 0 saturated heterocycles. The molecule has 0 aliphatic heterocycles. The zero-order valence-electron chi connectivity index (χ0n) is 9.93. The van der Waals surface area contributed by atoms with Crippen molar-refractivity contribution in [3.63, 3.8) is 0 Å². The fourth-order valence-electron chi connectivity index (χ4n) is 0.876. The van der Waals surface area contributed by atoms with Crippen molar-refractivity contribution in [1.82, 2.24) is 4.98 Å². The second kappa shape index (κ2) is 5.32. The SMILES string of the molecule is COc1cccc(/C=N/[S+]([O-])C(C)(C)C)n1. The third kappa shape index (κ3) is 3.83. The van der Waals surface area contributed by atoms with E-state index < -0.39 is 11.4 Å². The van der Waals surface area contributed by atoms with Crippen molar-refractivity contribution in [2.24, 2.45) is 4.40 Å². The Balaban J connectivity index is 2.76. The standard InChI is InChI=1S/C11H16N2O2S/c1-11(2,3)16(14)12-8-9-6-5-7-10(13-9)15-4/h5-8H,1-4H3/b12-8+. The van der Waals surface area contributed by atoms with Crippen molar-refractivity contribution in [1.29, 1.82) is 0 Å². The van der Waals surface area contributed by atoms with E-state index in [4.69, 9.17) is 4.74 Å². The maximum atomic E-state index is 11.6. The predicted molar refractivity (Wildman–Crippen MR) is 66.3 cm³/mol. The van der Waals surface area contributed by atoms with Gasteiger partial charge in [0.15, 0.2) is 0 Å². The van der Waals surface area contributed by atoms with Crippen LogP contribution in [0, 0.1) is 0 Å². The summed E-state index contributed by atoms with van der Waals surface area (Å²) in [4.78, 5) is 4.14. The molecule has 4 nitrogen and oxygen atoms in total. The number of pyridine rings is 1. The smallest absolute Gasteiger partial charge is 0.213 e. The van der Waals surface area contributed by atoms with E-state index in [1.807, 2.05) is 26.8 Å². The number of methoxy groups -OCH3 is 1. The van der Waals surface area contributed by atoms with E-state index in [0.29, 0.717) is 11.6 Å². The van der Waals surface area contributed by atoms with Crippen LogP contribution >= 0.6 is 0 Å². The Morgan fingerprint density at radius 3 is 2.69 bits per heavy atom. The van der Waals surface area contributed by atoms with E-state index in [2.05, 4.69) is 9.38 Å². The fourth-order valence-corrected chi connectivity index (χ4v) is 1.40. The topological polar surface area (TPSA) is 57.5 Å². The Kier molecular flexibility index (Phi) is 4.32. The molecule has 0 N–H and O–H groups in total. The van der Waals surface area contributed by atoms with E-state index in [9.17, 15) is 4.55 Å². The maximum absolute atomic E-state index is 11.6. The highest BCUT2D eigenvalue weighted by Crippen LogP contribution is 2.16. The summed E-state index contributed by atoms with van der Waals surface area (Å²) in [6.07, 6.45) is 1.50. The molecule has 88 valence electrons.